The second kappa shape index (κ2) is 16.8. The molecule has 0 radical (unpaired) electrons. The molecule has 0 saturated carbocycles. The number of allylic oxidation sites excluding steroid dienone is 2. The van der Waals surface area contributed by atoms with Crippen molar-refractivity contribution in [3.8, 4) is 27.9 Å². The van der Waals surface area contributed by atoms with Gasteiger partial charge in [0.05, 0.1) is 22.4 Å². The van der Waals surface area contributed by atoms with E-state index in [1.165, 1.54) is 109 Å². The summed E-state index contributed by atoms with van der Waals surface area (Å²) < 4.78 is 2.44. The second-order valence-electron chi connectivity index (χ2n) is 18.0. The summed E-state index contributed by atoms with van der Waals surface area (Å²) in [5.41, 5.74) is 16.8. The van der Waals surface area contributed by atoms with Gasteiger partial charge < -0.3 is 9.47 Å². The predicted octanol–water partition coefficient (Wildman–Crippen LogP) is 18.9. The van der Waals surface area contributed by atoms with Gasteiger partial charge in [-0.2, -0.15) is 0 Å². The standard InChI is InChI=1S/C66H50N2/c1-5-20-52-44(4)63(41-47-25-11-13-27-54(47)52)68(64-42-46-24-10-12-26-51(46)43(3)53(64)21-6-2)50-37-35-49(36-38-50)67-61-33-19-18-28-55(61)60-40-48(34-39-62(60)67)66-58-31-16-14-29-56(58)65(45-22-8-7-9-23-45)57-30-15-17-32-59(57)66/h5-42H,1-4H3/b20-5-,21-6-. The maximum Gasteiger partial charge on any atom is 0.0543 e. The number of anilines is 3. The van der Waals surface area contributed by atoms with Crippen LogP contribution in [-0.4, -0.2) is 4.57 Å². The summed E-state index contributed by atoms with van der Waals surface area (Å²) >= 11 is 0. The minimum atomic E-state index is 1.10. The van der Waals surface area contributed by atoms with E-state index in [1.54, 1.807) is 0 Å². The minimum absolute atomic E-state index is 1.10. The normalized spacial score (nSPS) is 12.0. The van der Waals surface area contributed by atoms with Crippen LogP contribution in [0.5, 0.6) is 0 Å². The topological polar surface area (TPSA) is 8.17 Å². The summed E-state index contributed by atoms with van der Waals surface area (Å²) in [5, 5.41) is 12.5. The first-order valence-electron chi connectivity index (χ1n) is 23.8. The Labute approximate surface area is 398 Å². The van der Waals surface area contributed by atoms with Gasteiger partial charge in [-0.15, -0.1) is 0 Å². The van der Waals surface area contributed by atoms with Crippen molar-refractivity contribution in [3.63, 3.8) is 0 Å². The fourth-order valence-corrected chi connectivity index (χ4v) is 11.1. The summed E-state index contributed by atoms with van der Waals surface area (Å²) in [4.78, 5) is 2.49. The molecule has 0 aliphatic carbocycles. The third-order valence-electron chi connectivity index (χ3n) is 14.1. The van der Waals surface area contributed by atoms with Crippen molar-refractivity contribution in [3.05, 3.63) is 241 Å². The van der Waals surface area contributed by atoms with Gasteiger partial charge in [-0.1, -0.05) is 176 Å². The van der Waals surface area contributed by atoms with Crippen LogP contribution in [0.25, 0.3) is 105 Å². The minimum Gasteiger partial charge on any atom is -0.310 e. The fourth-order valence-electron chi connectivity index (χ4n) is 11.1. The Kier molecular flexibility index (Phi) is 10.1. The molecule has 324 valence electrons. The van der Waals surface area contributed by atoms with E-state index in [9.17, 15) is 0 Å². The molecule has 2 nitrogen and oxygen atoms in total. The van der Waals surface area contributed by atoms with E-state index in [1.807, 2.05) is 0 Å². The highest BCUT2D eigenvalue weighted by molar-refractivity contribution is 6.22. The zero-order valence-corrected chi connectivity index (χ0v) is 38.8. The molecule has 0 unspecified atom stereocenters. The van der Waals surface area contributed by atoms with Crippen molar-refractivity contribution in [2.24, 2.45) is 0 Å². The van der Waals surface area contributed by atoms with Gasteiger partial charge in [0.1, 0.15) is 0 Å². The lowest BCUT2D eigenvalue weighted by molar-refractivity contribution is 1.17. The van der Waals surface area contributed by atoms with Crippen molar-refractivity contribution in [2.45, 2.75) is 27.7 Å². The first-order valence-corrected chi connectivity index (χ1v) is 23.8. The predicted molar refractivity (Wildman–Crippen MR) is 295 cm³/mol. The molecule has 12 rings (SSSR count). The van der Waals surface area contributed by atoms with E-state index in [2.05, 4.69) is 268 Å². The highest BCUT2D eigenvalue weighted by atomic mass is 15.1. The van der Waals surface area contributed by atoms with Gasteiger partial charge in [-0.05, 0) is 164 Å². The molecular weight excluding hydrogens is 821 g/mol. The molecule has 0 bridgehead atoms. The van der Waals surface area contributed by atoms with Crippen molar-refractivity contribution >= 4 is 94.1 Å². The lowest BCUT2D eigenvalue weighted by Crippen LogP contribution is -2.14. The SMILES string of the molecule is C/C=C\c1c(N(c2ccc(-n3c4ccccc4c4cc(-c5c6ccccc6c(-c6ccccc6)c6ccccc56)ccc43)cc2)c2cc3ccccc3c(/C=C\C)c2C)cc2ccccc2c1C. The van der Waals surface area contributed by atoms with E-state index < -0.39 is 0 Å². The molecule has 12 aromatic rings. The quantitative estimate of drug-likeness (QED) is 0.138. The Balaban J connectivity index is 1.05. The van der Waals surface area contributed by atoms with Gasteiger partial charge in [-0.25, -0.2) is 0 Å². The maximum atomic E-state index is 2.49. The molecule has 0 fully saturated rings. The van der Waals surface area contributed by atoms with E-state index in [-0.39, 0.29) is 0 Å². The third kappa shape index (κ3) is 6.55. The molecule has 1 aromatic heterocycles. The maximum absolute atomic E-state index is 2.49. The Hall–Kier alpha value is -8.46. The van der Waals surface area contributed by atoms with Crippen LogP contribution in [0.15, 0.2) is 218 Å². The van der Waals surface area contributed by atoms with Crippen LogP contribution >= 0.6 is 0 Å². The molecule has 0 saturated heterocycles. The largest absolute Gasteiger partial charge is 0.310 e. The first kappa shape index (κ1) is 41.0. The van der Waals surface area contributed by atoms with E-state index >= 15 is 0 Å². The summed E-state index contributed by atoms with van der Waals surface area (Å²) in [6.07, 6.45) is 8.86. The molecule has 0 spiro atoms. The van der Waals surface area contributed by atoms with Gasteiger partial charge in [0.2, 0.25) is 0 Å². The Morgan fingerprint density at radius 3 is 1.51 bits per heavy atom. The van der Waals surface area contributed by atoms with Gasteiger partial charge in [0, 0.05) is 27.7 Å². The van der Waals surface area contributed by atoms with Crippen LogP contribution < -0.4 is 4.90 Å². The van der Waals surface area contributed by atoms with E-state index in [4.69, 9.17) is 0 Å². The first-order chi connectivity index (χ1) is 33.5. The van der Waals surface area contributed by atoms with Crippen LogP contribution in [0.2, 0.25) is 0 Å². The number of benzene rings is 11. The van der Waals surface area contributed by atoms with Crippen molar-refractivity contribution in [2.75, 3.05) is 4.90 Å². The van der Waals surface area contributed by atoms with E-state index in [0.717, 1.165) is 22.7 Å². The zero-order chi connectivity index (χ0) is 45.9. The average Bonchev–Trinajstić information content (AvgIpc) is 3.72. The number of hydrogen-bond acceptors (Lipinski definition) is 1. The number of para-hydroxylation sites is 1. The highest BCUT2D eigenvalue weighted by Crippen LogP contribution is 2.47. The lowest BCUT2D eigenvalue weighted by Gasteiger charge is -2.31. The molecule has 0 aliphatic rings. The summed E-state index contributed by atoms with van der Waals surface area (Å²) in [6, 6.07) is 76.2. The molecule has 2 heteroatoms. The summed E-state index contributed by atoms with van der Waals surface area (Å²) in [7, 11) is 0. The van der Waals surface area contributed by atoms with Crippen LogP contribution in [0.1, 0.15) is 36.1 Å². The number of fused-ring (bicyclic) bond motifs is 7. The van der Waals surface area contributed by atoms with Gasteiger partial charge in [-0.3, -0.25) is 0 Å². The molecule has 0 N–H and O–H groups in total. The Morgan fingerprint density at radius 1 is 0.368 bits per heavy atom. The third-order valence-corrected chi connectivity index (χ3v) is 14.1. The summed E-state index contributed by atoms with van der Waals surface area (Å²) in [5.74, 6) is 0. The van der Waals surface area contributed by atoms with Crippen LogP contribution in [0, 0.1) is 13.8 Å². The monoisotopic (exact) mass is 870 g/mol. The van der Waals surface area contributed by atoms with Crippen molar-refractivity contribution < 1.29 is 0 Å². The number of hydrogen-bond donors (Lipinski definition) is 0. The molecular formula is C66H50N2. The number of aromatic nitrogens is 1. The Morgan fingerprint density at radius 2 is 0.868 bits per heavy atom. The van der Waals surface area contributed by atoms with Crippen LogP contribution in [0.4, 0.5) is 17.1 Å². The lowest BCUT2D eigenvalue weighted by atomic mass is 9.86. The molecule has 11 aromatic carbocycles. The fraction of sp³-hybridized carbons (Fsp3) is 0.0606. The van der Waals surface area contributed by atoms with E-state index in [0.29, 0.717) is 0 Å². The van der Waals surface area contributed by atoms with Gasteiger partial charge in [0.25, 0.3) is 0 Å². The highest BCUT2D eigenvalue weighted by Gasteiger charge is 2.24. The Bertz CT molecular complexity index is 3940. The van der Waals surface area contributed by atoms with Crippen LogP contribution in [0.3, 0.4) is 0 Å². The zero-order valence-electron chi connectivity index (χ0n) is 38.8. The summed E-state index contributed by atoms with van der Waals surface area (Å²) in [6.45, 7) is 8.76. The van der Waals surface area contributed by atoms with Gasteiger partial charge in [0.15, 0.2) is 0 Å². The smallest absolute Gasteiger partial charge is 0.0543 e. The number of rotatable bonds is 8. The molecule has 0 atom stereocenters. The number of nitrogens with zero attached hydrogens (tertiary/aromatic N) is 2. The molecule has 0 amide bonds. The molecule has 68 heavy (non-hydrogen) atoms. The molecule has 0 aliphatic heterocycles. The van der Waals surface area contributed by atoms with Crippen molar-refractivity contribution in [1.29, 1.82) is 0 Å². The second-order valence-corrected chi connectivity index (χ2v) is 18.0. The van der Waals surface area contributed by atoms with Crippen LogP contribution in [-0.2, 0) is 0 Å². The average molecular weight is 871 g/mol. The number of aryl methyl sites for hydroxylation is 1. The van der Waals surface area contributed by atoms with Gasteiger partial charge >= 0.3 is 0 Å². The van der Waals surface area contributed by atoms with Crippen molar-refractivity contribution in [1.82, 2.24) is 4.57 Å². The molecule has 1 heterocycles.